The van der Waals surface area contributed by atoms with Crippen molar-refractivity contribution in [3.8, 4) is 0 Å². The van der Waals surface area contributed by atoms with Gasteiger partial charge >= 0.3 is 0 Å². The van der Waals surface area contributed by atoms with E-state index in [1.807, 2.05) is 25.7 Å². The van der Waals surface area contributed by atoms with Gasteiger partial charge in [0.15, 0.2) is 0 Å². The second-order valence-electron chi connectivity index (χ2n) is 5.27. The highest BCUT2D eigenvalue weighted by Gasteiger charge is 2.30. The van der Waals surface area contributed by atoms with E-state index in [2.05, 4.69) is 0 Å². The van der Waals surface area contributed by atoms with E-state index in [0.717, 1.165) is 25.9 Å². The monoisotopic (exact) mass is 211 g/mol. The van der Waals surface area contributed by atoms with Crippen LogP contribution >= 0.6 is 0 Å². The third-order valence-electron chi connectivity index (χ3n) is 2.86. The standard InChI is InChI=1S/C11H21N3O/c1-11(2,3)10(15)14-6-4-8(5-7-14)9(12)13/h8H,4-7H2,1-3H3,(H3,12,13). The molecule has 0 aromatic rings. The summed E-state index contributed by atoms with van der Waals surface area (Å²) in [7, 11) is 0. The summed E-state index contributed by atoms with van der Waals surface area (Å²) >= 11 is 0. The Labute approximate surface area is 91.3 Å². The molecule has 0 bridgehead atoms. The smallest absolute Gasteiger partial charge is 0.227 e. The van der Waals surface area contributed by atoms with Crippen LogP contribution in [0.15, 0.2) is 0 Å². The Bertz CT molecular complexity index is 259. The molecule has 1 rings (SSSR count). The van der Waals surface area contributed by atoms with Gasteiger partial charge in [0.1, 0.15) is 0 Å². The van der Waals surface area contributed by atoms with Gasteiger partial charge in [0, 0.05) is 24.4 Å². The average molecular weight is 211 g/mol. The van der Waals surface area contributed by atoms with Crippen LogP contribution in [-0.4, -0.2) is 29.7 Å². The molecule has 0 spiro atoms. The Hall–Kier alpha value is -1.06. The summed E-state index contributed by atoms with van der Waals surface area (Å²) in [6, 6.07) is 0. The second-order valence-corrected chi connectivity index (χ2v) is 5.27. The highest BCUT2D eigenvalue weighted by molar-refractivity contribution is 5.83. The Morgan fingerprint density at radius 3 is 2.13 bits per heavy atom. The van der Waals surface area contributed by atoms with Crippen LogP contribution in [0.4, 0.5) is 0 Å². The summed E-state index contributed by atoms with van der Waals surface area (Å²) in [5.41, 5.74) is 5.15. The van der Waals surface area contributed by atoms with Crippen LogP contribution in [-0.2, 0) is 4.79 Å². The van der Waals surface area contributed by atoms with Crippen LogP contribution in [0.5, 0.6) is 0 Å². The van der Waals surface area contributed by atoms with Gasteiger partial charge in [0.2, 0.25) is 5.91 Å². The molecule has 4 nitrogen and oxygen atoms in total. The van der Waals surface area contributed by atoms with Crippen molar-refractivity contribution in [2.75, 3.05) is 13.1 Å². The van der Waals surface area contributed by atoms with Crippen LogP contribution in [0.1, 0.15) is 33.6 Å². The Balaban J connectivity index is 2.51. The highest BCUT2D eigenvalue weighted by atomic mass is 16.2. The molecule has 0 unspecified atom stereocenters. The van der Waals surface area contributed by atoms with Gasteiger partial charge in [0.25, 0.3) is 0 Å². The number of carbonyl (C=O) groups excluding carboxylic acids is 1. The first kappa shape index (κ1) is 12.0. The van der Waals surface area contributed by atoms with E-state index in [1.165, 1.54) is 0 Å². The largest absolute Gasteiger partial charge is 0.387 e. The predicted molar refractivity (Wildman–Crippen MR) is 60.7 cm³/mol. The van der Waals surface area contributed by atoms with Crippen molar-refractivity contribution < 1.29 is 4.79 Å². The fourth-order valence-electron chi connectivity index (χ4n) is 1.87. The highest BCUT2D eigenvalue weighted by Crippen LogP contribution is 2.23. The fourth-order valence-corrected chi connectivity index (χ4v) is 1.87. The lowest BCUT2D eigenvalue weighted by molar-refractivity contribution is -0.140. The molecule has 1 saturated heterocycles. The van der Waals surface area contributed by atoms with Crippen molar-refractivity contribution in [2.45, 2.75) is 33.6 Å². The number of hydrogen-bond donors (Lipinski definition) is 2. The van der Waals surface area contributed by atoms with Gasteiger partial charge in [-0.3, -0.25) is 10.2 Å². The number of nitrogens with zero attached hydrogens (tertiary/aromatic N) is 1. The summed E-state index contributed by atoms with van der Waals surface area (Å²) in [6.45, 7) is 7.28. The van der Waals surface area contributed by atoms with Gasteiger partial charge < -0.3 is 10.6 Å². The minimum atomic E-state index is -0.303. The van der Waals surface area contributed by atoms with Gasteiger partial charge in [0.05, 0.1) is 5.84 Å². The molecule has 1 aliphatic heterocycles. The van der Waals surface area contributed by atoms with Gasteiger partial charge in [-0.05, 0) is 12.8 Å². The zero-order chi connectivity index (χ0) is 11.6. The average Bonchev–Trinajstić information content (AvgIpc) is 2.15. The normalized spacial score (nSPS) is 19.0. The van der Waals surface area contributed by atoms with E-state index in [9.17, 15) is 4.79 Å². The first-order valence-corrected chi connectivity index (χ1v) is 5.45. The molecule has 0 aromatic heterocycles. The van der Waals surface area contributed by atoms with Gasteiger partial charge in [-0.15, -0.1) is 0 Å². The zero-order valence-electron chi connectivity index (χ0n) is 9.84. The van der Waals surface area contributed by atoms with Crippen LogP contribution in [0.3, 0.4) is 0 Å². The Kier molecular flexibility index (Phi) is 3.37. The van der Waals surface area contributed by atoms with Crippen molar-refractivity contribution >= 4 is 11.7 Å². The molecule has 0 radical (unpaired) electrons. The molecule has 0 saturated carbocycles. The van der Waals surface area contributed by atoms with Crippen molar-refractivity contribution in [3.63, 3.8) is 0 Å². The minimum absolute atomic E-state index is 0.175. The molecular weight excluding hydrogens is 190 g/mol. The Morgan fingerprint density at radius 1 is 1.33 bits per heavy atom. The predicted octanol–water partition coefficient (Wildman–Crippen LogP) is 1.21. The van der Waals surface area contributed by atoms with Crippen LogP contribution in [0, 0.1) is 16.7 Å². The Morgan fingerprint density at radius 2 is 1.80 bits per heavy atom. The number of likely N-dealkylation sites (tertiary alicyclic amines) is 1. The maximum Gasteiger partial charge on any atom is 0.227 e. The van der Waals surface area contributed by atoms with Crippen molar-refractivity contribution in [2.24, 2.45) is 17.1 Å². The van der Waals surface area contributed by atoms with E-state index in [0.29, 0.717) is 0 Å². The first-order valence-electron chi connectivity index (χ1n) is 5.45. The van der Waals surface area contributed by atoms with Crippen molar-refractivity contribution in [1.82, 2.24) is 4.90 Å². The second kappa shape index (κ2) is 4.21. The number of nitrogens with one attached hydrogen (secondary N) is 1. The van der Waals surface area contributed by atoms with Gasteiger partial charge in [-0.2, -0.15) is 0 Å². The number of amidine groups is 1. The molecule has 1 amide bonds. The molecule has 1 fully saturated rings. The summed E-state index contributed by atoms with van der Waals surface area (Å²) in [4.78, 5) is 13.8. The van der Waals surface area contributed by atoms with E-state index in [4.69, 9.17) is 11.1 Å². The summed E-state index contributed by atoms with van der Waals surface area (Å²) in [5, 5.41) is 7.36. The molecular formula is C11H21N3O. The fraction of sp³-hybridized carbons (Fsp3) is 0.818. The van der Waals surface area contributed by atoms with Gasteiger partial charge in [-0.25, -0.2) is 0 Å². The maximum atomic E-state index is 11.9. The summed E-state index contributed by atoms with van der Waals surface area (Å²) in [5.74, 6) is 0.636. The third-order valence-corrected chi connectivity index (χ3v) is 2.86. The molecule has 1 aliphatic rings. The molecule has 0 aliphatic carbocycles. The molecule has 0 atom stereocenters. The van der Waals surface area contributed by atoms with Crippen LogP contribution in [0.25, 0.3) is 0 Å². The quantitative estimate of drug-likeness (QED) is 0.505. The lowest BCUT2D eigenvalue weighted by Gasteiger charge is -2.35. The molecule has 4 heteroatoms. The lowest BCUT2D eigenvalue weighted by Crippen LogP contribution is -2.45. The van der Waals surface area contributed by atoms with Gasteiger partial charge in [-0.1, -0.05) is 20.8 Å². The molecule has 0 aromatic carbocycles. The number of rotatable bonds is 1. The van der Waals surface area contributed by atoms with Crippen molar-refractivity contribution in [1.29, 1.82) is 5.41 Å². The molecule has 86 valence electrons. The van der Waals surface area contributed by atoms with E-state index in [-0.39, 0.29) is 23.1 Å². The molecule has 3 N–H and O–H groups in total. The van der Waals surface area contributed by atoms with E-state index < -0.39 is 0 Å². The zero-order valence-corrected chi connectivity index (χ0v) is 9.84. The topological polar surface area (TPSA) is 70.2 Å². The number of amides is 1. The maximum absolute atomic E-state index is 11.9. The number of piperidine rings is 1. The number of carbonyl (C=O) groups is 1. The third kappa shape index (κ3) is 2.94. The van der Waals surface area contributed by atoms with E-state index in [1.54, 1.807) is 0 Å². The van der Waals surface area contributed by atoms with E-state index >= 15 is 0 Å². The summed E-state index contributed by atoms with van der Waals surface area (Å²) < 4.78 is 0. The molecule has 15 heavy (non-hydrogen) atoms. The molecule has 1 heterocycles. The van der Waals surface area contributed by atoms with Crippen LogP contribution in [0.2, 0.25) is 0 Å². The lowest BCUT2D eigenvalue weighted by atomic mass is 9.91. The van der Waals surface area contributed by atoms with Crippen LogP contribution < -0.4 is 5.73 Å². The minimum Gasteiger partial charge on any atom is -0.387 e. The number of nitrogens with two attached hydrogens (primary N) is 1. The van der Waals surface area contributed by atoms with Crippen molar-refractivity contribution in [3.05, 3.63) is 0 Å². The summed E-state index contributed by atoms with van der Waals surface area (Å²) in [6.07, 6.45) is 1.66. The first-order chi connectivity index (χ1) is 6.82. The SMILES string of the molecule is CC(C)(C)C(=O)N1CCC(C(=N)N)CC1. The number of hydrogen-bond acceptors (Lipinski definition) is 2.